The van der Waals surface area contributed by atoms with Gasteiger partial charge in [0.1, 0.15) is 12.9 Å². The lowest BCUT2D eigenvalue weighted by Crippen LogP contribution is -2.37. The number of methoxy groups -OCH3 is 1. The molecule has 0 aliphatic carbocycles. The van der Waals surface area contributed by atoms with Gasteiger partial charge in [-0.15, -0.1) is 5.10 Å². The van der Waals surface area contributed by atoms with E-state index in [0.717, 1.165) is 16.8 Å². The molecule has 0 atom stereocenters. The molecular weight excluding hydrogens is 463 g/mol. The minimum absolute atomic E-state index is 0.0116. The Bertz CT molecular complexity index is 1250. The molecule has 0 saturated carbocycles. The first kappa shape index (κ1) is 23.5. The van der Waals surface area contributed by atoms with Gasteiger partial charge in [-0.2, -0.15) is 4.68 Å². The number of ether oxygens (including phenoxy) is 1. The van der Waals surface area contributed by atoms with E-state index < -0.39 is 5.82 Å². The first-order valence-electron chi connectivity index (χ1n) is 10.4. The molecule has 0 saturated heterocycles. The average molecular weight is 485 g/mol. The maximum Gasteiger partial charge on any atom is 0.252 e. The Labute approximate surface area is 200 Å². The first-order chi connectivity index (χ1) is 16.4. The van der Waals surface area contributed by atoms with E-state index >= 15 is 0 Å². The Morgan fingerprint density at radius 1 is 1.29 bits per heavy atom. The highest BCUT2D eigenvalue weighted by molar-refractivity contribution is 6.31. The zero-order valence-electron chi connectivity index (χ0n) is 18.6. The fourth-order valence-electron chi connectivity index (χ4n) is 3.89. The third kappa shape index (κ3) is 4.68. The topological polar surface area (TPSA) is 93.5 Å². The smallest absolute Gasteiger partial charge is 0.252 e. The monoisotopic (exact) mass is 484 g/mol. The highest BCUT2D eigenvalue weighted by atomic mass is 35.5. The Morgan fingerprint density at radius 3 is 2.85 bits per heavy atom. The molecule has 0 unspecified atom stereocenters. The molecule has 1 aliphatic rings. The van der Waals surface area contributed by atoms with Crippen LogP contribution in [-0.2, 0) is 27.3 Å². The number of hydrogen-bond donors (Lipinski definition) is 0. The molecule has 3 aromatic rings. The Balaban J connectivity index is 1.55. The number of carbonyl (C=O) groups excluding carboxylic acids is 2. The highest BCUT2D eigenvalue weighted by Gasteiger charge is 2.24. The van der Waals surface area contributed by atoms with Crippen LogP contribution in [0.15, 0.2) is 42.7 Å². The van der Waals surface area contributed by atoms with E-state index in [1.165, 1.54) is 36.3 Å². The number of likely N-dealkylation sites (N-methyl/N-ethyl adjacent to an activating group) is 1. The number of fused-ring (bicyclic) bond motifs is 1. The number of carbonyl (C=O) groups is 2. The van der Waals surface area contributed by atoms with Gasteiger partial charge in [-0.1, -0.05) is 23.7 Å². The fourth-order valence-corrected chi connectivity index (χ4v) is 4.06. The van der Waals surface area contributed by atoms with Gasteiger partial charge in [0.05, 0.1) is 10.7 Å². The van der Waals surface area contributed by atoms with Gasteiger partial charge in [-0.05, 0) is 52.2 Å². The van der Waals surface area contributed by atoms with Crippen LogP contribution in [-0.4, -0.2) is 64.2 Å². The van der Waals surface area contributed by atoms with Crippen molar-refractivity contribution in [2.75, 3.05) is 32.2 Å². The summed E-state index contributed by atoms with van der Waals surface area (Å²) in [4.78, 5) is 28.4. The molecule has 9 nitrogen and oxygen atoms in total. The number of benzene rings is 2. The van der Waals surface area contributed by atoms with Crippen LogP contribution in [0.25, 0.3) is 11.8 Å². The molecular formula is C23H22ClFN6O3. The first-order valence-corrected chi connectivity index (χ1v) is 10.8. The van der Waals surface area contributed by atoms with Crippen molar-refractivity contribution in [1.29, 1.82) is 0 Å². The van der Waals surface area contributed by atoms with Crippen molar-refractivity contribution in [3.63, 3.8) is 0 Å². The molecule has 2 aromatic carbocycles. The predicted octanol–water partition coefficient (Wildman–Crippen LogP) is 2.66. The summed E-state index contributed by atoms with van der Waals surface area (Å²) in [6, 6.07) is 8.65. The van der Waals surface area contributed by atoms with Gasteiger partial charge in [0.25, 0.3) is 5.91 Å². The van der Waals surface area contributed by atoms with Crippen LogP contribution in [0, 0.1) is 5.82 Å². The second kappa shape index (κ2) is 10.1. The van der Waals surface area contributed by atoms with Crippen LogP contribution < -0.4 is 4.90 Å². The minimum Gasteiger partial charge on any atom is -0.375 e. The quantitative estimate of drug-likeness (QED) is 0.499. The van der Waals surface area contributed by atoms with Crippen LogP contribution >= 0.6 is 11.6 Å². The van der Waals surface area contributed by atoms with Crippen molar-refractivity contribution in [2.24, 2.45) is 0 Å². The van der Waals surface area contributed by atoms with Crippen molar-refractivity contribution in [1.82, 2.24) is 25.1 Å². The van der Waals surface area contributed by atoms with Crippen LogP contribution in [0.5, 0.6) is 0 Å². The number of tetrazole rings is 1. The molecule has 0 N–H and O–H groups in total. The maximum absolute atomic E-state index is 14.8. The Kier molecular flexibility index (Phi) is 6.99. The molecule has 2 heterocycles. The molecule has 0 radical (unpaired) electrons. The average Bonchev–Trinajstić information content (AvgIpc) is 3.38. The van der Waals surface area contributed by atoms with Gasteiger partial charge in [0, 0.05) is 44.6 Å². The minimum atomic E-state index is -0.670. The SMILES string of the molecule is COCC(=O)N(C)c1cccc2c1CCN(C(=O)C=Cc1c(-n3cnnn3)ccc(Cl)c1F)C2. The standard InChI is InChI=1S/C23H22ClFN6O3/c1-29(22(33)13-34-2)19-5-3-4-15-12-30(11-10-16(15)19)21(32)9-6-17-20(31-14-26-27-28-31)8-7-18(24)23(17)25/h3-9,14H,10-13H2,1-2H3. The number of aromatic nitrogens is 4. The van der Waals surface area contributed by atoms with Crippen LogP contribution in [0.3, 0.4) is 0 Å². The summed E-state index contributed by atoms with van der Waals surface area (Å²) in [5.41, 5.74) is 3.23. The van der Waals surface area contributed by atoms with Crippen molar-refractivity contribution >= 4 is 35.2 Å². The Hall–Kier alpha value is -3.63. The van der Waals surface area contributed by atoms with E-state index in [1.54, 1.807) is 22.9 Å². The van der Waals surface area contributed by atoms with Crippen molar-refractivity contribution < 1.29 is 18.7 Å². The van der Waals surface area contributed by atoms with Crippen LogP contribution in [0.2, 0.25) is 5.02 Å². The molecule has 4 rings (SSSR count). The summed E-state index contributed by atoms with van der Waals surface area (Å²) in [6.45, 7) is 0.816. The van der Waals surface area contributed by atoms with Gasteiger partial charge < -0.3 is 14.5 Å². The third-order valence-electron chi connectivity index (χ3n) is 5.65. The number of nitrogens with zero attached hydrogens (tertiary/aromatic N) is 6. The largest absolute Gasteiger partial charge is 0.375 e. The second-order valence-corrected chi connectivity index (χ2v) is 8.10. The highest BCUT2D eigenvalue weighted by Crippen LogP contribution is 2.29. The number of anilines is 1. The lowest BCUT2D eigenvalue weighted by atomic mass is 9.97. The van der Waals surface area contributed by atoms with E-state index in [4.69, 9.17) is 16.3 Å². The van der Waals surface area contributed by atoms with E-state index in [1.807, 2.05) is 18.2 Å². The summed E-state index contributed by atoms with van der Waals surface area (Å²) < 4.78 is 21.0. The van der Waals surface area contributed by atoms with Crippen LogP contribution in [0.4, 0.5) is 10.1 Å². The zero-order valence-corrected chi connectivity index (χ0v) is 19.4. The molecule has 176 valence electrons. The summed E-state index contributed by atoms with van der Waals surface area (Å²) in [7, 11) is 3.18. The van der Waals surface area contributed by atoms with Crippen LogP contribution in [0.1, 0.15) is 16.7 Å². The lowest BCUT2D eigenvalue weighted by Gasteiger charge is -2.31. The maximum atomic E-state index is 14.8. The van der Waals surface area contributed by atoms with E-state index in [9.17, 15) is 14.0 Å². The number of hydrogen-bond acceptors (Lipinski definition) is 6. The molecule has 11 heteroatoms. The molecule has 2 amide bonds. The fraction of sp³-hybridized carbons (Fsp3) is 0.261. The van der Waals surface area contributed by atoms with Gasteiger partial charge in [0.2, 0.25) is 5.91 Å². The third-order valence-corrected chi connectivity index (χ3v) is 5.95. The Morgan fingerprint density at radius 2 is 2.12 bits per heavy atom. The molecule has 0 fully saturated rings. The van der Waals surface area contributed by atoms with Crippen molar-refractivity contribution in [2.45, 2.75) is 13.0 Å². The number of halogens is 2. The second-order valence-electron chi connectivity index (χ2n) is 7.69. The number of amides is 2. The van der Waals surface area contributed by atoms with Gasteiger partial charge in [-0.3, -0.25) is 9.59 Å². The normalized spacial score (nSPS) is 13.2. The molecule has 1 aliphatic heterocycles. The van der Waals surface area contributed by atoms with Crippen molar-refractivity contribution in [3.8, 4) is 5.69 Å². The lowest BCUT2D eigenvalue weighted by molar-refractivity contribution is -0.127. The van der Waals surface area contributed by atoms with E-state index in [-0.39, 0.29) is 29.0 Å². The summed E-state index contributed by atoms with van der Waals surface area (Å²) in [6.07, 6.45) is 4.60. The summed E-state index contributed by atoms with van der Waals surface area (Å²) in [5, 5.41) is 10.9. The molecule has 34 heavy (non-hydrogen) atoms. The van der Waals surface area contributed by atoms with Gasteiger partial charge in [-0.25, -0.2) is 4.39 Å². The summed E-state index contributed by atoms with van der Waals surface area (Å²) >= 11 is 5.95. The molecule has 0 bridgehead atoms. The zero-order chi connectivity index (χ0) is 24.2. The summed E-state index contributed by atoms with van der Waals surface area (Å²) in [5.74, 6) is -1.10. The van der Waals surface area contributed by atoms with E-state index in [2.05, 4.69) is 15.5 Å². The van der Waals surface area contributed by atoms with E-state index in [0.29, 0.717) is 25.2 Å². The molecule has 1 aromatic heterocycles. The molecule has 0 spiro atoms. The van der Waals surface area contributed by atoms with Gasteiger partial charge >= 0.3 is 0 Å². The van der Waals surface area contributed by atoms with Crippen molar-refractivity contribution in [3.05, 3.63) is 70.3 Å². The number of rotatable bonds is 6. The van der Waals surface area contributed by atoms with Gasteiger partial charge in [0.15, 0.2) is 5.82 Å². The predicted molar refractivity (Wildman–Crippen MR) is 124 cm³/mol.